The Hall–Kier alpha value is -1.13. The molecule has 0 radical (unpaired) electrons. The van der Waals surface area contributed by atoms with Crippen molar-refractivity contribution >= 4 is 16.1 Å². The molecular formula is C15H21NO5S. The van der Waals surface area contributed by atoms with Crippen LogP contribution in [0, 0.1) is 28.6 Å². The van der Waals surface area contributed by atoms with E-state index in [9.17, 15) is 18.5 Å². The highest BCUT2D eigenvalue weighted by Gasteiger charge is 2.74. The minimum Gasteiger partial charge on any atom is -0.459 e. The van der Waals surface area contributed by atoms with E-state index in [1.807, 2.05) is 26.8 Å². The van der Waals surface area contributed by atoms with E-state index in [1.54, 1.807) is 0 Å². The van der Waals surface area contributed by atoms with Gasteiger partial charge in [0.25, 0.3) is 10.1 Å². The fraction of sp³-hybridized carbons (Fsp3) is 0.867. The van der Waals surface area contributed by atoms with Crippen LogP contribution in [0.3, 0.4) is 0 Å². The largest absolute Gasteiger partial charge is 0.459 e. The molecule has 2 aliphatic carbocycles. The Kier molecular flexibility index (Phi) is 3.35. The van der Waals surface area contributed by atoms with Crippen molar-refractivity contribution in [3.8, 4) is 6.07 Å². The predicted molar refractivity (Wildman–Crippen MR) is 76.9 cm³/mol. The minimum atomic E-state index is -3.91. The summed E-state index contributed by atoms with van der Waals surface area (Å²) in [7, 11) is -3.91. The number of fused-ring (bicyclic) bond motifs is 1. The molecule has 0 aromatic rings. The molecule has 0 amide bonds. The smallest absolute Gasteiger partial charge is 0.311 e. The molecule has 1 aliphatic heterocycles. The van der Waals surface area contributed by atoms with Crippen LogP contribution < -0.4 is 0 Å². The Morgan fingerprint density at radius 1 is 1.50 bits per heavy atom. The first-order chi connectivity index (χ1) is 10.2. The highest BCUT2D eigenvalue weighted by molar-refractivity contribution is 7.88. The lowest BCUT2D eigenvalue weighted by atomic mass is 9.84. The summed E-state index contributed by atoms with van der Waals surface area (Å²) in [4.78, 5) is 12.4. The van der Waals surface area contributed by atoms with E-state index in [-0.39, 0.29) is 24.2 Å². The molecule has 122 valence electrons. The second-order valence-electron chi connectivity index (χ2n) is 7.33. The van der Waals surface area contributed by atoms with Gasteiger partial charge in [0.1, 0.15) is 12.2 Å². The number of carbonyl (C=O) groups excluding carboxylic acids is 1. The van der Waals surface area contributed by atoms with Crippen LogP contribution >= 0.6 is 0 Å². The summed E-state index contributed by atoms with van der Waals surface area (Å²) in [6.07, 6.45) is 1.11. The van der Waals surface area contributed by atoms with E-state index < -0.39 is 32.5 Å². The molecule has 3 rings (SSSR count). The Morgan fingerprint density at radius 3 is 2.77 bits per heavy atom. The lowest BCUT2D eigenvalue weighted by Gasteiger charge is -2.31. The Morgan fingerprint density at radius 2 is 2.18 bits per heavy atom. The fourth-order valence-electron chi connectivity index (χ4n) is 4.29. The van der Waals surface area contributed by atoms with Crippen LogP contribution in [0.5, 0.6) is 0 Å². The van der Waals surface area contributed by atoms with Gasteiger partial charge in [-0.1, -0.05) is 13.3 Å². The van der Waals surface area contributed by atoms with Crippen LogP contribution in [-0.4, -0.2) is 31.3 Å². The van der Waals surface area contributed by atoms with Crippen LogP contribution in [0.15, 0.2) is 0 Å². The SMILES string of the molecule is CCCC(C)(C)C(=O)OC1C2CC3C1OS(=O)(=O)C3(C#N)C2. The topological polar surface area (TPSA) is 93.5 Å². The molecule has 5 unspecified atom stereocenters. The van der Waals surface area contributed by atoms with Gasteiger partial charge in [-0.25, -0.2) is 0 Å². The first kappa shape index (κ1) is 15.8. The first-order valence-electron chi connectivity index (χ1n) is 7.74. The van der Waals surface area contributed by atoms with Gasteiger partial charge < -0.3 is 4.74 Å². The van der Waals surface area contributed by atoms with Crippen LogP contribution in [0.1, 0.15) is 46.5 Å². The predicted octanol–water partition coefficient (Wildman–Crippen LogP) is 1.76. The highest BCUT2D eigenvalue weighted by Crippen LogP contribution is 2.61. The fourth-order valence-corrected chi connectivity index (χ4v) is 6.13. The number of ether oxygens (including phenoxy) is 1. The van der Waals surface area contributed by atoms with Gasteiger partial charge in [-0.15, -0.1) is 0 Å². The summed E-state index contributed by atoms with van der Waals surface area (Å²) >= 11 is 0. The van der Waals surface area contributed by atoms with Crippen LogP contribution in [0.2, 0.25) is 0 Å². The summed E-state index contributed by atoms with van der Waals surface area (Å²) in [5, 5.41) is 9.35. The third-order valence-corrected chi connectivity index (χ3v) is 7.38. The molecule has 3 fully saturated rings. The molecule has 0 aromatic carbocycles. The molecule has 22 heavy (non-hydrogen) atoms. The molecule has 0 N–H and O–H groups in total. The lowest BCUT2D eigenvalue weighted by Crippen LogP contribution is -2.45. The van der Waals surface area contributed by atoms with E-state index in [0.717, 1.165) is 6.42 Å². The maximum absolute atomic E-state index is 12.4. The van der Waals surface area contributed by atoms with Crippen molar-refractivity contribution in [3.05, 3.63) is 0 Å². The van der Waals surface area contributed by atoms with Gasteiger partial charge in [0.05, 0.1) is 11.5 Å². The van der Waals surface area contributed by atoms with Crippen molar-refractivity contribution in [3.63, 3.8) is 0 Å². The molecule has 1 saturated heterocycles. The number of nitriles is 1. The number of carbonyl (C=O) groups is 1. The standard InChI is InChI=1S/C15H21NO5S/c1-4-5-14(2,3)13(17)20-11-9-6-10-12(11)21-22(18,19)15(10,7-9)8-16/h9-12H,4-7H2,1-3H3. The maximum atomic E-state index is 12.4. The average Bonchev–Trinajstić information content (AvgIpc) is 2.99. The number of rotatable bonds is 4. The molecule has 2 bridgehead atoms. The van der Waals surface area contributed by atoms with Crippen molar-refractivity contribution in [2.24, 2.45) is 17.3 Å². The molecule has 0 aromatic heterocycles. The second kappa shape index (κ2) is 4.68. The van der Waals surface area contributed by atoms with Crippen LogP contribution in [0.25, 0.3) is 0 Å². The van der Waals surface area contributed by atoms with E-state index in [2.05, 4.69) is 0 Å². The summed E-state index contributed by atoms with van der Waals surface area (Å²) in [6, 6.07) is 1.96. The summed E-state index contributed by atoms with van der Waals surface area (Å²) in [6.45, 7) is 5.66. The highest BCUT2D eigenvalue weighted by atomic mass is 32.2. The van der Waals surface area contributed by atoms with Crippen molar-refractivity contribution < 1.29 is 22.1 Å². The van der Waals surface area contributed by atoms with Crippen molar-refractivity contribution in [1.29, 1.82) is 5.26 Å². The van der Waals surface area contributed by atoms with E-state index in [4.69, 9.17) is 8.92 Å². The second-order valence-corrected chi connectivity index (χ2v) is 9.16. The first-order valence-corrected chi connectivity index (χ1v) is 9.14. The minimum absolute atomic E-state index is 0.103. The molecule has 3 aliphatic rings. The van der Waals surface area contributed by atoms with Gasteiger partial charge in [0.2, 0.25) is 0 Å². The summed E-state index contributed by atoms with van der Waals surface area (Å²) < 4.78 is 33.7. The van der Waals surface area contributed by atoms with E-state index in [0.29, 0.717) is 12.8 Å². The van der Waals surface area contributed by atoms with Crippen molar-refractivity contribution in [2.75, 3.05) is 0 Å². The third-order valence-electron chi connectivity index (χ3n) is 5.45. The number of nitrogens with zero attached hydrogens (tertiary/aromatic N) is 1. The number of esters is 1. The third kappa shape index (κ3) is 1.86. The van der Waals surface area contributed by atoms with E-state index >= 15 is 0 Å². The van der Waals surface area contributed by atoms with Gasteiger partial charge in [-0.2, -0.15) is 13.7 Å². The molecule has 7 heteroatoms. The summed E-state index contributed by atoms with van der Waals surface area (Å²) in [5.41, 5.74) is -0.597. The van der Waals surface area contributed by atoms with Gasteiger partial charge in [0, 0.05) is 11.8 Å². The number of hydrogen-bond donors (Lipinski definition) is 0. The quantitative estimate of drug-likeness (QED) is 0.577. The molecule has 1 heterocycles. The molecule has 0 spiro atoms. The maximum Gasteiger partial charge on any atom is 0.311 e. The summed E-state index contributed by atoms with van der Waals surface area (Å²) in [5.74, 6) is -0.796. The van der Waals surface area contributed by atoms with Gasteiger partial charge in [-0.3, -0.25) is 8.98 Å². The number of hydrogen-bond acceptors (Lipinski definition) is 6. The molecular weight excluding hydrogens is 306 g/mol. The van der Waals surface area contributed by atoms with Gasteiger partial charge >= 0.3 is 5.97 Å². The van der Waals surface area contributed by atoms with Crippen molar-refractivity contribution in [2.45, 2.75) is 63.4 Å². The Balaban J connectivity index is 1.82. The van der Waals surface area contributed by atoms with Crippen molar-refractivity contribution in [1.82, 2.24) is 0 Å². The van der Waals surface area contributed by atoms with E-state index in [1.165, 1.54) is 0 Å². The van der Waals surface area contributed by atoms with Crippen LogP contribution in [0.4, 0.5) is 0 Å². The normalized spacial score (nSPS) is 41.4. The van der Waals surface area contributed by atoms with Gasteiger partial charge in [0.15, 0.2) is 4.75 Å². The molecule has 2 saturated carbocycles. The van der Waals surface area contributed by atoms with Crippen LogP contribution in [-0.2, 0) is 23.8 Å². The zero-order valence-corrected chi connectivity index (χ0v) is 13.9. The zero-order chi connectivity index (χ0) is 16.3. The molecule has 5 atom stereocenters. The Labute approximate surface area is 130 Å². The zero-order valence-electron chi connectivity index (χ0n) is 13.0. The Bertz CT molecular complexity index is 649. The lowest BCUT2D eigenvalue weighted by molar-refractivity contribution is -0.167. The van der Waals surface area contributed by atoms with Gasteiger partial charge in [-0.05, 0) is 33.1 Å². The monoisotopic (exact) mass is 327 g/mol. The average molecular weight is 327 g/mol. The molecule has 6 nitrogen and oxygen atoms in total.